The van der Waals surface area contributed by atoms with E-state index in [-0.39, 0.29) is 5.82 Å². The van der Waals surface area contributed by atoms with Gasteiger partial charge in [0, 0.05) is 4.47 Å². The summed E-state index contributed by atoms with van der Waals surface area (Å²) in [5, 5.41) is 0. The largest absolute Gasteiger partial charge is 0.207 e. The molecule has 0 nitrogen and oxygen atoms in total. The Hall–Kier alpha value is -0.370. The lowest BCUT2D eigenvalue weighted by molar-refractivity contribution is 0.625. The lowest BCUT2D eigenvalue weighted by Crippen LogP contribution is -1.83. The molecule has 0 saturated carbocycles. The maximum atomic E-state index is 12.6. The summed E-state index contributed by atoms with van der Waals surface area (Å²) in [5.41, 5.74) is 1.88. The van der Waals surface area contributed by atoms with Crippen LogP contribution in [0.2, 0.25) is 0 Å². The summed E-state index contributed by atoms with van der Waals surface area (Å²) >= 11 is 3.35. The van der Waals surface area contributed by atoms with Gasteiger partial charge in [0.25, 0.3) is 0 Å². The molecular weight excluding hydrogens is 195 g/mol. The zero-order valence-electron chi connectivity index (χ0n) is 5.91. The first-order chi connectivity index (χ1) is 4.61. The van der Waals surface area contributed by atoms with Crippen LogP contribution in [0.3, 0.4) is 0 Å². The second-order valence-corrected chi connectivity index (χ2v) is 3.15. The average Bonchev–Trinajstić information content (AvgIpc) is 1.82. The summed E-state index contributed by atoms with van der Waals surface area (Å²) in [6, 6.07) is 3.02. The molecule has 0 radical (unpaired) electrons. The van der Waals surface area contributed by atoms with E-state index in [1.165, 1.54) is 12.1 Å². The van der Waals surface area contributed by atoms with E-state index in [4.69, 9.17) is 0 Å². The molecule has 2 heteroatoms. The van der Waals surface area contributed by atoms with Gasteiger partial charge in [-0.25, -0.2) is 4.39 Å². The highest BCUT2D eigenvalue weighted by molar-refractivity contribution is 9.10. The SMILES string of the molecule is Cc1cc(F)cc(C)c1Br. The summed E-state index contributed by atoms with van der Waals surface area (Å²) in [7, 11) is 0. The fraction of sp³-hybridized carbons (Fsp3) is 0.250. The molecular formula is C8H8BrF. The second kappa shape index (κ2) is 2.70. The van der Waals surface area contributed by atoms with Gasteiger partial charge in [-0.1, -0.05) is 15.9 Å². The molecule has 0 aromatic heterocycles. The molecule has 0 N–H and O–H groups in total. The Morgan fingerprint density at radius 3 is 2.00 bits per heavy atom. The van der Waals surface area contributed by atoms with Crippen molar-refractivity contribution in [1.29, 1.82) is 0 Å². The van der Waals surface area contributed by atoms with E-state index in [9.17, 15) is 4.39 Å². The lowest BCUT2D eigenvalue weighted by Gasteiger charge is -2.00. The third-order valence-electron chi connectivity index (χ3n) is 1.40. The molecule has 0 bridgehead atoms. The van der Waals surface area contributed by atoms with Crippen molar-refractivity contribution >= 4 is 15.9 Å². The van der Waals surface area contributed by atoms with Gasteiger partial charge in [-0.15, -0.1) is 0 Å². The Morgan fingerprint density at radius 2 is 1.60 bits per heavy atom. The standard InChI is InChI=1S/C8H8BrF/c1-5-3-7(10)4-6(2)8(5)9/h3-4H,1-2H3. The van der Waals surface area contributed by atoms with Gasteiger partial charge in [0.15, 0.2) is 0 Å². The van der Waals surface area contributed by atoms with Crippen LogP contribution in [0.5, 0.6) is 0 Å². The van der Waals surface area contributed by atoms with Gasteiger partial charge >= 0.3 is 0 Å². The molecule has 0 fully saturated rings. The first kappa shape index (κ1) is 7.73. The van der Waals surface area contributed by atoms with Gasteiger partial charge in [-0.3, -0.25) is 0 Å². The topological polar surface area (TPSA) is 0 Å². The van der Waals surface area contributed by atoms with Crippen molar-refractivity contribution in [2.24, 2.45) is 0 Å². The van der Waals surface area contributed by atoms with E-state index in [1.807, 2.05) is 13.8 Å². The Balaban J connectivity index is 3.31. The van der Waals surface area contributed by atoms with Crippen LogP contribution in [0.1, 0.15) is 11.1 Å². The minimum Gasteiger partial charge on any atom is -0.207 e. The summed E-state index contributed by atoms with van der Waals surface area (Å²) in [6.07, 6.45) is 0. The summed E-state index contributed by atoms with van der Waals surface area (Å²) in [5.74, 6) is -0.168. The fourth-order valence-corrected chi connectivity index (χ4v) is 1.12. The quantitative estimate of drug-likeness (QED) is 0.607. The number of halogens is 2. The van der Waals surface area contributed by atoms with E-state index in [1.54, 1.807) is 0 Å². The maximum Gasteiger partial charge on any atom is 0.123 e. The van der Waals surface area contributed by atoms with Crippen LogP contribution in [0.15, 0.2) is 16.6 Å². The maximum absolute atomic E-state index is 12.6. The molecule has 0 saturated heterocycles. The molecule has 0 aliphatic carbocycles. The zero-order valence-corrected chi connectivity index (χ0v) is 7.50. The number of hydrogen-bond donors (Lipinski definition) is 0. The van der Waals surface area contributed by atoms with E-state index < -0.39 is 0 Å². The Bertz CT molecular complexity index is 232. The van der Waals surface area contributed by atoms with E-state index in [0.717, 1.165) is 15.6 Å². The minimum atomic E-state index is -0.168. The van der Waals surface area contributed by atoms with E-state index in [2.05, 4.69) is 15.9 Å². The summed E-state index contributed by atoms with van der Waals surface area (Å²) < 4.78 is 13.6. The van der Waals surface area contributed by atoms with Crippen molar-refractivity contribution in [2.45, 2.75) is 13.8 Å². The van der Waals surface area contributed by atoms with Crippen LogP contribution in [-0.2, 0) is 0 Å². The lowest BCUT2D eigenvalue weighted by atomic mass is 10.1. The molecule has 0 atom stereocenters. The first-order valence-electron chi connectivity index (χ1n) is 3.03. The number of rotatable bonds is 0. The monoisotopic (exact) mass is 202 g/mol. The van der Waals surface area contributed by atoms with Crippen LogP contribution in [0, 0.1) is 19.7 Å². The molecule has 0 amide bonds. The fourth-order valence-electron chi connectivity index (χ4n) is 0.893. The molecule has 54 valence electrons. The highest BCUT2D eigenvalue weighted by Gasteiger charge is 1.99. The average molecular weight is 203 g/mol. The highest BCUT2D eigenvalue weighted by atomic mass is 79.9. The van der Waals surface area contributed by atoms with Crippen molar-refractivity contribution in [1.82, 2.24) is 0 Å². The predicted molar refractivity (Wildman–Crippen MR) is 43.6 cm³/mol. The molecule has 1 aromatic rings. The van der Waals surface area contributed by atoms with E-state index >= 15 is 0 Å². The Morgan fingerprint density at radius 1 is 1.20 bits per heavy atom. The second-order valence-electron chi connectivity index (χ2n) is 2.35. The normalized spacial score (nSPS) is 10.0. The molecule has 10 heavy (non-hydrogen) atoms. The Labute approximate surface area is 68.2 Å². The van der Waals surface area contributed by atoms with Crippen LogP contribution < -0.4 is 0 Å². The predicted octanol–water partition coefficient (Wildman–Crippen LogP) is 3.21. The first-order valence-corrected chi connectivity index (χ1v) is 3.83. The van der Waals surface area contributed by atoms with Crippen LogP contribution in [0.4, 0.5) is 4.39 Å². The third-order valence-corrected chi connectivity index (χ3v) is 2.65. The number of aryl methyl sites for hydroxylation is 2. The van der Waals surface area contributed by atoms with Crippen molar-refractivity contribution in [3.63, 3.8) is 0 Å². The molecule has 1 rings (SSSR count). The summed E-state index contributed by atoms with van der Waals surface area (Å²) in [4.78, 5) is 0. The molecule has 0 aliphatic heterocycles. The molecule has 0 heterocycles. The van der Waals surface area contributed by atoms with E-state index in [0.29, 0.717) is 0 Å². The Kier molecular flexibility index (Phi) is 2.09. The minimum absolute atomic E-state index is 0.168. The van der Waals surface area contributed by atoms with Gasteiger partial charge in [-0.2, -0.15) is 0 Å². The van der Waals surface area contributed by atoms with Gasteiger partial charge < -0.3 is 0 Å². The smallest absolute Gasteiger partial charge is 0.123 e. The highest BCUT2D eigenvalue weighted by Crippen LogP contribution is 2.21. The summed E-state index contributed by atoms with van der Waals surface area (Å²) in [6.45, 7) is 3.75. The van der Waals surface area contributed by atoms with Crippen molar-refractivity contribution in [3.8, 4) is 0 Å². The zero-order chi connectivity index (χ0) is 7.72. The van der Waals surface area contributed by atoms with Crippen molar-refractivity contribution < 1.29 is 4.39 Å². The number of hydrogen-bond acceptors (Lipinski definition) is 0. The molecule has 0 spiro atoms. The molecule has 0 aliphatic rings. The third kappa shape index (κ3) is 1.37. The van der Waals surface area contributed by atoms with Crippen LogP contribution in [-0.4, -0.2) is 0 Å². The molecule has 0 unspecified atom stereocenters. The van der Waals surface area contributed by atoms with Gasteiger partial charge in [0.05, 0.1) is 0 Å². The molecule has 1 aromatic carbocycles. The van der Waals surface area contributed by atoms with Gasteiger partial charge in [0.1, 0.15) is 5.82 Å². The number of benzene rings is 1. The van der Waals surface area contributed by atoms with Gasteiger partial charge in [-0.05, 0) is 37.1 Å². The van der Waals surface area contributed by atoms with Gasteiger partial charge in [0.2, 0.25) is 0 Å². The van der Waals surface area contributed by atoms with Crippen LogP contribution in [0.25, 0.3) is 0 Å². The van der Waals surface area contributed by atoms with Crippen molar-refractivity contribution in [3.05, 3.63) is 33.5 Å². The van der Waals surface area contributed by atoms with Crippen LogP contribution >= 0.6 is 15.9 Å². The van der Waals surface area contributed by atoms with Crippen molar-refractivity contribution in [2.75, 3.05) is 0 Å².